The average molecular weight is 488 g/mol. The van der Waals surface area contributed by atoms with Crippen molar-refractivity contribution >= 4 is 27.8 Å². The quantitative estimate of drug-likeness (QED) is 0.605. The van der Waals surface area contributed by atoms with Gasteiger partial charge >= 0.3 is 0 Å². The van der Waals surface area contributed by atoms with Crippen molar-refractivity contribution in [2.75, 3.05) is 57.4 Å². The molecule has 4 rings (SSSR count). The Morgan fingerprint density at radius 3 is 2.42 bits per heavy atom. The molecule has 2 aromatic rings. The van der Waals surface area contributed by atoms with Crippen LogP contribution in [0.15, 0.2) is 47.2 Å². The summed E-state index contributed by atoms with van der Waals surface area (Å²) in [5.74, 6) is 0.938. The Balaban J connectivity index is 1.24. The smallest absolute Gasteiger partial charge is 0.230 e. The van der Waals surface area contributed by atoms with E-state index in [0.717, 1.165) is 68.0 Å². The Morgan fingerprint density at radius 2 is 1.74 bits per heavy atom. The Labute approximate surface area is 192 Å². The highest BCUT2D eigenvalue weighted by Gasteiger charge is 2.41. The van der Waals surface area contributed by atoms with E-state index in [-0.39, 0.29) is 5.91 Å². The zero-order valence-electron chi connectivity index (χ0n) is 17.8. The number of carbonyl (C=O) groups is 1. The summed E-state index contributed by atoms with van der Waals surface area (Å²) in [5, 5.41) is 3.22. The predicted molar refractivity (Wildman–Crippen MR) is 124 cm³/mol. The zero-order valence-corrected chi connectivity index (χ0v) is 19.4. The summed E-state index contributed by atoms with van der Waals surface area (Å²) in [6, 6.07) is 9.99. The molecule has 7 nitrogen and oxygen atoms in total. The van der Waals surface area contributed by atoms with E-state index in [1.54, 1.807) is 12.4 Å². The second kappa shape index (κ2) is 10.5. The van der Waals surface area contributed by atoms with Gasteiger partial charge in [-0.25, -0.2) is 9.97 Å². The van der Waals surface area contributed by atoms with Crippen LogP contribution < -0.4 is 10.2 Å². The molecule has 3 heterocycles. The van der Waals surface area contributed by atoms with E-state index >= 15 is 0 Å². The van der Waals surface area contributed by atoms with Crippen LogP contribution in [0.2, 0.25) is 0 Å². The van der Waals surface area contributed by atoms with Gasteiger partial charge in [0, 0.05) is 62.8 Å². The summed E-state index contributed by atoms with van der Waals surface area (Å²) in [4.78, 5) is 26.6. The first-order chi connectivity index (χ1) is 15.2. The number of amides is 1. The number of hydrogen-bond acceptors (Lipinski definition) is 6. The van der Waals surface area contributed by atoms with Gasteiger partial charge in [0.1, 0.15) is 0 Å². The van der Waals surface area contributed by atoms with Gasteiger partial charge in [0.05, 0.1) is 5.41 Å². The van der Waals surface area contributed by atoms with Crippen LogP contribution in [0.25, 0.3) is 0 Å². The fourth-order valence-corrected chi connectivity index (χ4v) is 4.70. The largest absolute Gasteiger partial charge is 0.381 e. The lowest BCUT2D eigenvalue weighted by atomic mass is 9.73. The SMILES string of the molecule is O=C(NCCCN1CCN(c2ncccn2)CC1)C1(c2ccc(Br)cc2)CCOCC1. The molecule has 0 spiro atoms. The molecule has 166 valence electrons. The van der Waals surface area contributed by atoms with Gasteiger partial charge in [0.25, 0.3) is 0 Å². The third-order valence-electron chi connectivity index (χ3n) is 6.32. The summed E-state index contributed by atoms with van der Waals surface area (Å²) >= 11 is 3.49. The Bertz CT molecular complexity index is 835. The second-order valence-electron chi connectivity index (χ2n) is 8.19. The number of carbonyl (C=O) groups excluding carboxylic acids is 1. The van der Waals surface area contributed by atoms with E-state index in [1.807, 2.05) is 18.2 Å². The first kappa shape index (κ1) is 22.2. The number of ether oxygens (including phenoxy) is 1. The van der Waals surface area contributed by atoms with Crippen molar-refractivity contribution in [3.8, 4) is 0 Å². The summed E-state index contributed by atoms with van der Waals surface area (Å²) in [6.07, 6.45) is 5.97. The van der Waals surface area contributed by atoms with Crippen LogP contribution in [-0.4, -0.2) is 73.3 Å². The minimum atomic E-state index is -0.486. The van der Waals surface area contributed by atoms with Crippen LogP contribution in [0, 0.1) is 0 Å². The van der Waals surface area contributed by atoms with Gasteiger partial charge in [0.2, 0.25) is 11.9 Å². The van der Waals surface area contributed by atoms with Crippen LogP contribution >= 0.6 is 15.9 Å². The minimum Gasteiger partial charge on any atom is -0.381 e. The lowest BCUT2D eigenvalue weighted by Gasteiger charge is -2.36. The van der Waals surface area contributed by atoms with Crippen LogP contribution in [0.4, 0.5) is 5.95 Å². The van der Waals surface area contributed by atoms with Gasteiger partial charge in [-0.05, 0) is 49.6 Å². The monoisotopic (exact) mass is 487 g/mol. The van der Waals surface area contributed by atoms with Crippen molar-refractivity contribution in [2.45, 2.75) is 24.7 Å². The summed E-state index contributed by atoms with van der Waals surface area (Å²) in [6.45, 7) is 6.78. The maximum atomic E-state index is 13.2. The molecule has 1 N–H and O–H groups in total. The lowest BCUT2D eigenvalue weighted by Crippen LogP contribution is -2.49. The standard InChI is InChI=1S/C23H30BrN5O2/c24-20-5-3-19(4-6-20)23(7-17-31-18-8-23)21(30)25-11-2-12-28-13-15-29(16-14-28)22-26-9-1-10-27-22/h1,3-6,9-10H,2,7-8,11-18H2,(H,25,30). The van der Waals surface area contributed by atoms with Crippen LogP contribution in [0.3, 0.4) is 0 Å². The number of nitrogens with zero attached hydrogens (tertiary/aromatic N) is 4. The maximum Gasteiger partial charge on any atom is 0.230 e. The molecule has 2 aliphatic heterocycles. The molecular formula is C23H30BrN5O2. The van der Waals surface area contributed by atoms with Crippen LogP contribution in [0.1, 0.15) is 24.8 Å². The van der Waals surface area contributed by atoms with Crippen molar-refractivity contribution in [1.82, 2.24) is 20.2 Å². The number of anilines is 1. The van der Waals surface area contributed by atoms with Crippen LogP contribution in [0.5, 0.6) is 0 Å². The third kappa shape index (κ3) is 5.42. The van der Waals surface area contributed by atoms with Crippen molar-refractivity contribution in [3.63, 3.8) is 0 Å². The molecule has 0 radical (unpaired) electrons. The molecule has 0 saturated carbocycles. The Kier molecular flexibility index (Phi) is 7.53. The normalized spacial score (nSPS) is 19.2. The first-order valence-electron chi connectivity index (χ1n) is 11.0. The molecule has 1 amide bonds. The average Bonchev–Trinajstić information content (AvgIpc) is 2.83. The fourth-order valence-electron chi connectivity index (χ4n) is 4.44. The van der Waals surface area contributed by atoms with Gasteiger partial charge in [-0.2, -0.15) is 0 Å². The predicted octanol–water partition coefficient (Wildman–Crippen LogP) is 2.62. The Morgan fingerprint density at radius 1 is 1.06 bits per heavy atom. The summed E-state index contributed by atoms with van der Waals surface area (Å²) in [7, 11) is 0. The van der Waals surface area contributed by atoms with E-state index in [2.05, 4.69) is 53.1 Å². The van der Waals surface area contributed by atoms with Crippen molar-refractivity contribution in [2.24, 2.45) is 0 Å². The third-order valence-corrected chi connectivity index (χ3v) is 6.85. The first-order valence-corrected chi connectivity index (χ1v) is 11.8. The highest BCUT2D eigenvalue weighted by molar-refractivity contribution is 9.10. The number of nitrogens with one attached hydrogen (secondary N) is 1. The van der Waals surface area contributed by atoms with Crippen molar-refractivity contribution < 1.29 is 9.53 Å². The molecule has 1 aromatic heterocycles. The lowest BCUT2D eigenvalue weighted by molar-refractivity contribution is -0.130. The molecule has 2 aliphatic rings. The highest BCUT2D eigenvalue weighted by atomic mass is 79.9. The van der Waals surface area contributed by atoms with Crippen molar-refractivity contribution in [3.05, 3.63) is 52.8 Å². The number of benzene rings is 1. The van der Waals surface area contributed by atoms with Crippen LogP contribution in [-0.2, 0) is 14.9 Å². The van der Waals surface area contributed by atoms with E-state index in [0.29, 0.717) is 19.8 Å². The number of aromatic nitrogens is 2. The zero-order chi connectivity index (χ0) is 21.5. The minimum absolute atomic E-state index is 0.129. The fraction of sp³-hybridized carbons (Fsp3) is 0.522. The van der Waals surface area contributed by atoms with Gasteiger partial charge in [0.15, 0.2) is 0 Å². The molecular weight excluding hydrogens is 458 g/mol. The molecule has 8 heteroatoms. The van der Waals surface area contributed by atoms with Crippen molar-refractivity contribution in [1.29, 1.82) is 0 Å². The molecule has 1 aromatic carbocycles. The summed E-state index contributed by atoms with van der Waals surface area (Å²) < 4.78 is 6.58. The van der Waals surface area contributed by atoms with E-state index in [9.17, 15) is 4.79 Å². The van der Waals surface area contributed by atoms with Gasteiger partial charge < -0.3 is 15.0 Å². The van der Waals surface area contributed by atoms with E-state index in [4.69, 9.17) is 4.74 Å². The second-order valence-corrected chi connectivity index (χ2v) is 9.10. The number of rotatable bonds is 7. The van der Waals surface area contributed by atoms with Gasteiger partial charge in [-0.3, -0.25) is 9.69 Å². The number of hydrogen-bond donors (Lipinski definition) is 1. The molecule has 31 heavy (non-hydrogen) atoms. The molecule has 0 bridgehead atoms. The van der Waals surface area contributed by atoms with E-state index in [1.165, 1.54) is 0 Å². The van der Waals surface area contributed by atoms with E-state index < -0.39 is 5.41 Å². The number of halogens is 1. The molecule has 2 fully saturated rings. The molecule has 0 aliphatic carbocycles. The maximum absolute atomic E-state index is 13.2. The topological polar surface area (TPSA) is 70.6 Å². The highest BCUT2D eigenvalue weighted by Crippen LogP contribution is 2.35. The number of piperazine rings is 1. The van der Waals surface area contributed by atoms with Gasteiger partial charge in [-0.1, -0.05) is 28.1 Å². The molecule has 0 unspecified atom stereocenters. The molecule has 2 saturated heterocycles. The Hall–Kier alpha value is -2.03. The molecule has 0 atom stereocenters. The summed E-state index contributed by atoms with van der Waals surface area (Å²) in [5.41, 5.74) is 0.594. The van der Waals surface area contributed by atoms with Gasteiger partial charge in [-0.15, -0.1) is 0 Å².